The summed E-state index contributed by atoms with van der Waals surface area (Å²) >= 11 is 0. The summed E-state index contributed by atoms with van der Waals surface area (Å²) in [5.41, 5.74) is 1.36. The normalized spacial score (nSPS) is 26.2. The number of hydrogen-bond donors (Lipinski definition) is 2. The summed E-state index contributed by atoms with van der Waals surface area (Å²) in [6, 6.07) is 6.43. The fraction of sp³-hybridized carbons (Fsp3) is 0.647. The molecule has 0 aromatic carbocycles. The Bertz CT molecular complexity index is 513. The van der Waals surface area contributed by atoms with Gasteiger partial charge in [-0.1, -0.05) is 12.5 Å². The summed E-state index contributed by atoms with van der Waals surface area (Å²) in [5.74, 6) is 0.858. The first-order chi connectivity index (χ1) is 10.8. The summed E-state index contributed by atoms with van der Waals surface area (Å²) in [6.07, 6.45) is 7.19. The van der Waals surface area contributed by atoms with Crippen LogP contribution in [0.2, 0.25) is 0 Å². The van der Waals surface area contributed by atoms with Gasteiger partial charge < -0.3 is 15.4 Å². The Morgan fingerprint density at radius 3 is 2.91 bits per heavy atom. The zero-order valence-corrected chi connectivity index (χ0v) is 13.5. The standard InChI is InChI=1S/C17H26N4O/c1-3-22-15-11-14(17(15)8-6-9-17)21-16(18-2)20-12-13-7-4-5-10-19-13/h4-5,7,10,14-15H,3,6,8-9,11-12H2,1-2H3,(H2,18,20,21). The van der Waals surface area contributed by atoms with Crippen molar-refractivity contribution in [3.05, 3.63) is 30.1 Å². The van der Waals surface area contributed by atoms with Crippen LogP contribution in [0.3, 0.4) is 0 Å². The van der Waals surface area contributed by atoms with Crippen molar-refractivity contribution in [3.8, 4) is 0 Å². The Kier molecular flexibility index (Phi) is 4.62. The first-order valence-corrected chi connectivity index (χ1v) is 8.27. The van der Waals surface area contributed by atoms with Crippen molar-refractivity contribution in [1.29, 1.82) is 0 Å². The van der Waals surface area contributed by atoms with E-state index in [2.05, 4.69) is 27.5 Å². The van der Waals surface area contributed by atoms with E-state index < -0.39 is 0 Å². The molecule has 5 heteroatoms. The largest absolute Gasteiger partial charge is 0.378 e. The van der Waals surface area contributed by atoms with Crippen LogP contribution in [0.1, 0.15) is 38.3 Å². The molecule has 3 rings (SSSR count). The molecule has 120 valence electrons. The smallest absolute Gasteiger partial charge is 0.191 e. The van der Waals surface area contributed by atoms with Crippen LogP contribution in [0.15, 0.2) is 29.4 Å². The van der Waals surface area contributed by atoms with Gasteiger partial charge in [-0.3, -0.25) is 9.98 Å². The highest BCUT2D eigenvalue weighted by Crippen LogP contribution is 2.57. The lowest BCUT2D eigenvalue weighted by molar-refractivity contribution is -0.168. The maximum Gasteiger partial charge on any atom is 0.191 e. The van der Waals surface area contributed by atoms with E-state index >= 15 is 0 Å². The van der Waals surface area contributed by atoms with Crippen LogP contribution in [0, 0.1) is 5.41 Å². The zero-order chi connectivity index (χ0) is 15.4. The fourth-order valence-corrected chi connectivity index (χ4v) is 3.68. The Hall–Kier alpha value is -1.62. The van der Waals surface area contributed by atoms with Crippen LogP contribution in [0.4, 0.5) is 0 Å². The number of nitrogens with one attached hydrogen (secondary N) is 2. The molecule has 0 aliphatic heterocycles. The lowest BCUT2D eigenvalue weighted by atomic mass is 9.51. The molecule has 0 amide bonds. The summed E-state index contributed by atoms with van der Waals surface area (Å²) in [5, 5.41) is 6.94. The Labute approximate surface area is 132 Å². The van der Waals surface area contributed by atoms with Crippen molar-refractivity contribution < 1.29 is 4.74 Å². The van der Waals surface area contributed by atoms with Gasteiger partial charge in [-0.05, 0) is 38.3 Å². The quantitative estimate of drug-likeness (QED) is 0.646. The molecule has 0 radical (unpaired) electrons. The third-order valence-electron chi connectivity index (χ3n) is 5.13. The molecule has 1 heterocycles. The van der Waals surface area contributed by atoms with Gasteiger partial charge in [0.05, 0.1) is 18.3 Å². The number of hydrogen-bond acceptors (Lipinski definition) is 3. The Balaban J connectivity index is 1.53. The molecular formula is C17H26N4O. The topological polar surface area (TPSA) is 58.5 Å². The molecule has 1 spiro atoms. The molecule has 0 bridgehead atoms. The van der Waals surface area contributed by atoms with Gasteiger partial charge in [0.15, 0.2) is 5.96 Å². The maximum atomic E-state index is 5.90. The minimum atomic E-state index is 0.346. The van der Waals surface area contributed by atoms with Gasteiger partial charge in [0.2, 0.25) is 0 Å². The molecule has 2 saturated carbocycles. The number of nitrogens with zero attached hydrogens (tertiary/aromatic N) is 2. The van der Waals surface area contributed by atoms with Gasteiger partial charge in [0, 0.05) is 31.3 Å². The van der Waals surface area contributed by atoms with Crippen LogP contribution >= 0.6 is 0 Å². The molecule has 1 aromatic heterocycles. The van der Waals surface area contributed by atoms with E-state index in [1.54, 1.807) is 0 Å². The molecule has 2 aliphatic carbocycles. The molecule has 2 fully saturated rings. The maximum absolute atomic E-state index is 5.90. The van der Waals surface area contributed by atoms with E-state index in [9.17, 15) is 0 Å². The van der Waals surface area contributed by atoms with E-state index in [1.807, 2.05) is 31.4 Å². The number of guanidine groups is 1. The molecule has 2 unspecified atom stereocenters. The molecule has 2 N–H and O–H groups in total. The van der Waals surface area contributed by atoms with Crippen molar-refractivity contribution >= 4 is 5.96 Å². The number of ether oxygens (including phenoxy) is 1. The summed E-state index contributed by atoms with van der Waals surface area (Å²) in [6.45, 7) is 3.58. The highest BCUT2D eigenvalue weighted by Gasteiger charge is 2.59. The van der Waals surface area contributed by atoms with E-state index in [4.69, 9.17) is 4.74 Å². The van der Waals surface area contributed by atoms with Gasteiger partial charge >= 0.3 is 0 Å². The number of aliphatic imine (C=N–C) groups is 1. The average molecular weight is 302 g/mol. The van der Waals surface area contributed by atoms with Gasteiger partial charge in [0.25, 0.3) is 0 Å². The van der Waals surface area contributed by atoms with Crippen LogP contribution < -0.4 is 10.6 Å². The van der Waals surface area contributed by atoms with Crippen molar-refractivity contribution in [1.82, 2.24) is 15.6 Å². The van der Waals surface area contributed by atoms with Crippen molar-refractivity contribution in [2.45, 2.75) is 51.3 Å². The summed E-state index contributed by atoms with van der Waals surface area (Å²) in [4.78, 5) is 8.67. The highest BCUT2D eigenvalue weighted by atomic mass is 16.5. The van der Waals surface area contributed by atoms with Crippen LogP contribution in [-0.2, 0) is 11.3 Å². The van der Waals surface area contributed by atoms with Crippen LogP contribution in [0.5, 0.6) is 0 Å². The minimum absolute atomic E-state index is 0.346. The monoisotopic (exact) mass is 302 g/mol. The second kappa shape index (κ2) is 6.65. The molecule has 1 aromatic rings. The van der Waals surface area contributed by atoms with Crippen molar-refractivity contribution in [3.63, 3.8) is 0 Å². The van der Waals surface area contributed by atoms with E-state index in [1.165, 1.54) is 19.3 Å². The van der Waals surface area contributed by atoms with E-state index in [-0.39, 0.29) is 0 Å². The van der Waals surface area contributed by atoms with Crippen LogP contribution in [0.25, 0.3) is 0 Å². The van der Waals surface area contributed by atoms with Gasteiger partial charge in [-0.2, -0.15) is 0 Å². The first-order valence-electron chi connectivity index (χ1n) is 8.27. The Morgan fingerprint density at radius 1 is 1.45 bits per heavy atom. The van der Waals surface area contributed by atoms with Crippen molar-refractivity contribution in [2.24, 2.45) is 10.4 Å². The molecule has 22 heavy (non-hydrogen) atoms. The third kappa shape index (κ3) is 2.82. The van der Waals surface area contributed by atoms with Gasteiger partial charge in [-0.25, -0.2) is 0 Å². The SMILES string of the molecule is CCOC1CC(NC(=NC)NCc2ccccn2)C12CCC2. The van der Waals surface area contributed by atoms with E-state index in [0.717, 1.165) is 24.7 Å². The van der Waals surface area contributed by atoms with E-state index in [0.29, 0.717) is 24.1 Å². The predicted octanol–water partition coefficient (Wildman–Crippen LogP) is 2.09. The predicted molar refractivity (Wildman–Crippen MR) is 87.7 cm³/mol. The number of pyridine rings is 1. The molecule has 2 aliphatic rings. The molecule has 0 saturated heterocycles. The summed E-state index contributed by atoms with van der Waals surface area (Å²) < 4.78 is 5.90. The summed E-state index contributed by atoms with van der Waals surface area (Å²) in [7, 11) is 1.82. The minimum Gasteiger partial charge on any atom is -0.378 e. The van der Waals surface area contributed by atoms with Gasteiger partial charge in [-0.15, -0.1) is 0 Å². The average Bonchev–Trinajstić information content (AvgIpc) is 2.48. The highest BCUT2D eigenvalue weighted by molar-refractivity contribution is 5.80. The number of rotatable bonds is 5. The van der Waals surface area contributed by atoms with Crippen LogP contribution in [-0.4, -0.2) is 36.7 Å². The first kappa shape index (κ1) is 15.3. The third-order valence-corrected chi connectivity index (χ3v) is 5.13. The second-order valence-electron chi connectivity index (χ2n) is 6.21. The zero-order valence-electron chi connectivity index (χ0n) is 13.5. The Morgan fingerprint density at radius 2 is 2.32 bits per heavy atom. The fourth-order valence-electron chi connectivity index (χ4n) is 3.68. The van der Waals surface area contributed by atoms with Crippen molar-refractivity contribution in [2.75, 3.05) is 13.7 Å². The molecule has 5 nitrogen and oxygen atoms in total. The number of aromatic nitrogens is 1. The molecule has 2 atom stereocenters. The van der Waals surface area contributed by atoms with Gasteiger partial charge in [0.1, 0.15) is 0 Å². The second-order valence-corrected chi connectivity index (χ2v) is 6.21. The lowest BCUT2D eigenvalue weighted by Crippen LogP contribution is -2.68. The molecular weight excluding hydrogens is 276 g/mol. The lowest BCUT2D eigenvalue weighted by Gasteiger charge is -2.61.